The lowest BCUT2D eigenvalue weighted by molar-refractivity contribution is -0.415. The second-order valence-corrected chi connectivity index (χ2v) is 5.21. The molecule has 0 unspecified atom stereocenters. The fourth-order valence-corrected chi connectivity index (χ4v) is 1.65. The first-order chi connectivity index (χ1) is 8.33. The van der Waals surface area contributed by atoms with Crippen molar-refractivity contribution in [1.82, 2.24) is 5.32 Å². The van der Waals surface area contributed by atoms with Gasteiger partial charge in [0.2, 0.25) is 0 Å². The molecule has 0 aliphatic heterocycles. The Kier molecular flexibility index (Phi) is 7.59. The summed E-state index contributed by atoms with van der Waals surface area (Å²) >= 11 is 0. The normalized spacial score (nSPS) is 15.9. The van der Waals surface area contributed by atoms with E-state index in [2.05, 4.69) is 11.1 Å². The SMILES string of the molecule is CC[C@H](C)[C@H]([NH3+])C(=O)N[C@@H](CC(C)C)C(=O)OC. The predicted molar refractivity (Wildman–Crippen MR) is 69.5 cm³/mol. The summed E-state index contributed by atoms with van der Waals surface area (Å²) in [5, 5.41) is 2.74. The molecule has 0 aliphatic rings. The molecule has 3 atom stereocenters. The molecule has 1 amide bonds. The maximum atomic E-state index is 12.0. The van der Waals surface area contributed by atoms with E-state index in [-0.39, 0.29) is 17.9 Å². The third-order valence-corrected chi connectivity index (χ3v) is 3.18. The highest BCUT2D eigenvalue weighted by Crippen LogP contribution is 2.08. The fourth-order valence-electron chi connectivity index (χ4n) is 1.65. The average molecular weight is 259 g/mol. The van der Waals surface area contributed by atoms with E-state index in [9.17, 15) is 9.59 Å². The van der Waals surface area contributed by atoms with E-state index in [1.165, 1.54) is 7.11 Å². The van der Waals surface area contributed by atoms with Gasteiger partial charge in [-0.1, -0.05) is 27.7 Å². The third-order valence-electron chi connectivity index (χ3n) is 3.18. The molecule has 0 bridgehead atoms. The van der Waals surface area contributed by atoms with Crippen LogP contribution in [0.1, 0.15) is 40.5 Å². The summed E-state index contributed by atoms with van der Waals surface area (Å²) in [5.41, 5.74) is 3.86. The molecular weight excluding hydrogens is 232 g/mol. The van der Waals surface area contributed by atoms with Gasteiger partial charge in [0, 0.05) is 5.92 Å². The molecule has 0 rings (SSSR count). The molecule has 5 heteroatoms. The van der Waals surface area contributed by atoms with Crippen LogP contribution in [0.25, 0.3) is 0 Å². The molecule has 0 heterocycles. The van der Waals surface area contributed by atoms with Crippen molar-refractivity contribution in [2.24, 2.45) is 11.8 Å². The number of methoxy groups -OCH3 is 1. The van der Waals surface area contributed by atoms with Crippen molar-refractivity contribution in [1.29, 1.82) is 0 Å². The maximum Gasteiger partial charge on any atom is 0.328 e. The molecule has 0 aromatic rings. The number of rotatable bonds is 7. The van der Waals surface area contributed by atoms with Crippen LogP contribution in [-0.2, 0) is 14.3 Å². The largest absolute Gasteiger partial charge is 0.467 e. The Labute approximate surface area is 109 Å². The van der Waals surface area contributed by atoms with E-state index in [1.807, 2.05) is 27.7 Å². The molecule has 5 nitrogen and oxygen atoms in total. The minimum absolute atomic E-state index is 0.180. The summed E-state index contributed by atoms with van der Waals surface area (Å²) in [4.78, 5) is 23.6. The number of carbonyl (C=O) groups is 2. The molecule has 0 saturated carbocycles. The summed E-state index contributed by atoms with van der Waals surface area (Å²) in [6, 6.07) is -0.912. The molecule has 0 saturated heterocycles. The van der Waals surface area contributed by atoms with E-state index in [1.54, 1.807) is 0 Å². The summed E-state index contributed by atoms with van der Waals surface area (Å²) < 4.78 is 4.71. The predicted octanol–water partition coefficient (Wildman–Crippen LogP) is 0.347. The maximum absolute atomic E-state index is 12.0. The summed E-state index contributed by atoms with van der Waals surface area (Å²) in [6.45, 7) is 7.99. The Morgan fingerprint density at radius 1 is 1.28 bits per heavy atom. The van der Waals surface area contributed by atoms with Crippen LogP contribution in [0.15, 0.2) is 0 Å². The topological polar surface area (TPSA) is 83.0 Å². The second kappa shape index (κ2) is 8.08. The Hall–Kier alpha value is -1.10. The van der Waals surface area contributed by atoms with Crippen LogP contribution in [-0.4, -0.2) is 31.1 Å². The Bertz CT molecular complexity index is 279. The average Bonchev–Trinajstić information content (AvgIpc) is 2.34. The zero-order valence-corrected chi connectivity index (χ0v) is 12.2. The molecule has 0 aliphatic carbocycles. The number of hydrogen-bond donors (Lipinski definition) is 2. The minimum atomic E-state index is -0.573. The van der Waals surface area contributed by atoms with Crippen molar-refractivity contribution in [2.75, 3.05) is 7.11 Å². The van der Waals surface area contributed by atoms with Gasteiger partial charge in [-0.15, -0.1) is 0 Å². The molecular formula is C13H27N2O3+. The van der Waals surface area contributed by atoms with Gasteiger partial charge < -0.3 is 15.8 Å². The third kappa shape index (κ3) is 5.49. The Morgan fingerprint density at radius 2 is 1.83 bits per heavy atom. The van der Waals surface area contributed by atoms with Crippen molar-refractivity contribution in [3.63, 3.8) is 0 Å². The zero-order valence-electron chi connectivity index (χ0n) is 12.2. The number of quaternary nitrogens is 1. The van der Waals surface area contributed by atoms with Crippen molar-refractivity contribution in [3.05, 3.63) is 0 Å². The Morgan fingerprint density at radius 3 is 2.22 bits per heavy atom. The molecule has 0 aromatic heterocycles. The monoisotopic (exact) mass is 259 g/mol. The van der Waals surface area contributed by atoms with Gasteiger partial charge in [-0.2, -0.15) is 0 Å². The van der Waals surface area contributed by atoms with Gasteiger partial charge in [0.25, 0.3) is 5.91 Å². The number of hydrogen-bond acceptors (Lipinski definition) is 3. The first kappa shape index (κ1) is 16.9. The fraction of sp³-hybridized carbons (Fsp3) is 0.846. The summed E-state index contributed by atoms with van der Waals surface area (Å²) in [6.07, 6.45) is 1.46. The van der Waals surface area contributed by atoms with E-state index in [0.717, 1.165) is 6.42 Å². The Balaban J connectivity index is 4.57. The number of carbonyl (C=O) groups excluding carboxylic acids is 2. The standard InChI is InChI=1S/C13H26N2O3/c1-6-9(4)11(14)12(16)15-10(7-8(2)3)13(17)18-5/h8-11H,6-7,14H2,1-5H3,(H,15,16)/p+1/t9-,10-,11-/m0/s1. The van der Waals surface area contributed by atoms with Crippen molar-refractivity contribution >= 4 is 11.9 Å². The quantitative estimate of drug-likeness (QED) is 0.647. The van der Waals surface area contributed by atoms with Crippen LogP contribution in [0.2, 0.25) is 0 Å². The molecule has 0 fully saturated rings. The smallest absolute Gasteiger partial charge is 0.328 e. The number of amides is 1. The lowest BCUT2D eigenvalue weighted by Crippen LogP contribution is -2.71. The van der Waals surface area contributed by atoms with Crippen LogP contribution >= 0.6 is 0 Å². The van der Waals surface area contributed by atoms with Gasteiger partial charge in [-0.05, 0) is 18.8 Å². The molecule has 18 heavy (non-hydrogen) atoms. The van der Waals surface area contributed by atoms with Crippen LogP contribution in [0.3, 0.4) is 0 Å². The van der Waals surface area contributed by atoms with Crippen LogP contribution in [0.5, 0.6) is 0 Å². The van der Waals surface area contributed by atoms with Crippen molar-refractivity contribution < 1.29 is 20.1 Å². The van der Waals surface area contributed by atoms with Crippen molar-refractivity contribution in [2.45, 2.75) is 52.6 Å². The molecule has 106 valence electrons. The highest BCUT2D eigenvalue weighted by Gasteiger charge is 2.29. The molecule has 0 spiro atoms. The minimum Gasteiger partial charge on any atom is -0.467 e. The van der Waals surface area contributed by atoms with Gasteiger partial charge in [-0.25, -0.2) is 4.79 Å². The molecule has 0 radical (unpaired) electrons. The summed E-state index contributed by atoms with van der Waals surface area (Å²) in [5.74, 6) is -0.0718. The van der Waals surface area contributed by atoms with Gasteiger partial charge >= 0.3 is 5.97 Å². The van der Waals surface area contributed by atoms with Gasteiger partial charge in [0.05, 0.1) is 7.11 Å². The van der Waals surface area contributed by atoms with Gasteiger partial charge in [0.15, 0.2) is 6.04 Å². The van der Waals surface area contributed by atoms with E-state index in [4.69, 9.17) is 4.74 Å². The van der Waals surface area contributed by atoms with Crippen LogP contribution in [0, 0.1) is 11.8 Å². The van der Waals surface area contributed by atoms with Gasteiger partial charge in [-0.3, -0.25) is 4.79 Å². The molecule has 0 aromatic carbocycles. The van der Waals surface area contributed by atoms with E-state index >= 15 is 0 Å². The lowest BCUT2D eigenvalue weighted by atomic mass is 9.98. The first-order valence-corrected chi connectivity index (χ1v) is 6.54. The van der Waals surface area contributed by atoms with Crippen LogP contribution in [0.4, 0.5) is 0 Å². The van der Waals surface area contributed by atoms with Gasteiger partial charge in [0.1, 0.15) is 6.04 Å². The number of ether oxygens (including phenoxy) is 1. The van der Waals surface area contributed by atoms with Crippen molar-refractivity contribution in [3.8, 4) is 0 Å². The first-order valence-electron chi connectivity index (χ1n) is 6.54. The van der Waals surface area contributed by atoms with Crippen LogP contribution < -0.4 is 11.1 Å². The van der Waals surface area contributed by atoms with E-state index < -0.39 is 12.0 Å². The second-order valence-electron chi connectivity index (χ2n) is 5.21. The van der Waals surface area contributed by atoms with E-state index in [0.29, 0.717) is 12.3 Å². The highest BCUT2D eigenvalue weighted by atomic mass is 16.5. The number of esters is 1. The molecule has 4 N–H and O–H groups in total. The highest BCUT2D eigenvalue weighted by molar-refractivity contribution is 5.86. The number of nitrogens with one attached hydrogen (secondary N) is 1. The lowest BCUT2D eigenvalue weighted by Gasteiger charge is -2.21. The summed E-state index contributed by atoms with van der Waals surface area (Å²) in [7, 11) is 1.33. The zero-order chi connectivity index (χ0) is 14.3.